The molecular weight excluding hydrogens is 448 g/mol. The van der Waals surface area contributed by atoms with Crippen LogP contribution >= 0.6 is 11.3 Å². The minimum atomic E-state index is -0.108. The molecule has 10 heteroatoms. The van der Waals surface area contributed by atoms with Crippen LogP contribution in [0.2, 0.25) is 0 Å². The average Bonchev–Trinajstić information content (AvgIpc) is 3.60. The average molecular weight is 471 g/mol. The maximum absolute atomic E-state index is 12.6. The fraction of sp³-hybridized carbons (Fsp3) is 0.167. The molecule has 1 N–H and O–H groups in total. The Morgan fingerprint density at radius 1 is 1.03 bits per heavy atom. The quantitative estimate of drug-likeness (QED) is 0.363. The third kappa shape index (κ3) is 4.76. The number of amides is 1. The van der Waals surface area contributed by atoms with E-state index in [9.17, 15) is 4.79 Å². The topological polar surface area (TPSA) is 103 Å². The second-order valence-electron chi connectivity index (χ2n) is 7.65. The summed E-state index contributed by atoms with van der Waals surface area (Å²) in [5.41, 5.74) is 2.69. The van der Waals surface area contributed by atoms with Crippen LogP contribution in [0, 0.1) is 0 Å². The third-order valence-corrected chi connectivity index (χ3v) is 6.16. The number of benzene rings is 2. The number of imidazole rings is 1. The van der Waals surface area contributed by atoms with E-state index in [1.165, 1.54) is 16.1 Å². The van der Waals surface area contributed by atoms with Crippen LogP contribution < -0.4 is 5.32 Å². The predicted octanol–water partition coefficient (Wildman–Crippen LogP) is 4.28. The van der Waals surface area contributed by atoms with Gasteiger partial charge in [-0.15, -0.1) is 10.2 Å². The molecule has 0 fully saturated rings. The lowest BCUT2D eigenvalue weighted by atomic mass is 10.1. The third-order valence-electron chi connectivity index (χ3n) is 5.19. The lowest BCUT2D eigenvalue weighted by molar-refractivity contribution is -0.116. The molecule has 3 aromatic heterocycles. The molecule has 2 aromatic carbocycles. The maximum atomic E-state index is 12.6. The van der Waals surface area contributed by atoms with Crippen molar-refractivity contribution in [3.05, 3.63) is 73.1 Å². The summed E-state index contributed by atoms with van der Waals surface area (Å²) in [6.07, 6.45) is 4.55. The molecule has 0 aliphatic heterocycles. The Morgan fingerprint density at radius 3 is 2.47 bits per heavy atom. The van der Waals surface area contributed by atoms with Crippen LogP contribution in [-0.4, -0.2) is 40.6 Å². The van der Waals surface area contributed by atoms with Crippen LogP contribution in [0.3, 0.4) is 0 Å². The Kier molecular flexibility index (Phi) is 6.21. The monoisotopic (exact) mass is 470 g/mol. The summed E-state index contributed by atoms with van der Waals surface area (Å²) in [4.78, 5) is 24.2. The normalized spacial score (nSPS) is 11.0. The van der Waals surface area contributed by atoms with Crippen molar-refractivity contribution in [3.63, 3.8) is 0 Å². The van der Waals surface area contributed by atoms with E-state index in [0.717, 1.165) is 27.5 Å². The standard InChI is InChI=1S/C24H22N8OS/c1-31-16-14-25-23(31)21-20(17-9-4-2-5-10-17)27-24(34-21)26-19(33)13-8-15-32-29-22(28-30-32)18-11-6-3-7-12-18/h2-7,9-12,14,16H,8,13,15H2,1H3,(H,26,27,33). The van der Waals surface area contributed by atoms with Gasteiger partial charge in [-0.05, 0) is 11.6 Å². The smallest absolute Gasteiger partial charge is 0.226 e. The number of carbonyl (C=O) groups excluding carboxylic acids is 1. The second-order valence-corrected chi connectivity index (χ2v) is 8.65. The summed E-state index contributed by atoms with van der Waals surface area (Å²) < 4.78 is 1.94. The van der Waals surface area contributed by atoms with Gasteiger partial charge in [0, 0.05) is 37.0 Å². The fourth-order valence-corrected chi connectivity index (χ4v) is 4.55. The summed E-state index contributed by atoms with van der Waals surface area (Å²) in [5, 5.41) is 16.0. The Bertz CT molecular complexity index is 1390. The number of anilines is 1. The van der Waals surface area contributed by atoms with Crippen molar-refractivity contribution in [1.82, 2.24) is 34.7 Å². The van der Waals surface area contributed by atoms with Crippen LogP contribution in [-0.2, 0) is 18.4 Å². The van der Waals surface area contributed by atoms with E-state index >= 15 is 0 Å². The molecule has 1 amide bonds. The van der Waals surface area contributed by atoms with Gasteiger partial charge in [0.2, 0.25) is 11.7 Å². The zero-order valence-corrected chi connectivity index (χ0v) is 19.3. The zero-order chi connectivity index (χ0) is 23.3. The van der Waals surface area contributed by atoms with Gasteiger partial charge in [-0.3, -0.25) is 4.79 Å². The Morgan fingerprint density at radius 2 is 1.76 bits per heavy atom. The lowest BCUT2D eigenvalue weighted by Crippen LogP contribution is -2.13. The molecule has 9 nitrogen and oxygen atoms in total. The highest BCUT2D eigenvalue weighted by atomic mass is 32.1. The van der Waals surface area contributed by atoms with Gasteiger partial charge in [0.1, 0.15) is 0 Å². The number of nitrogens with one attached hydrogen (secondary N) is 1. The maximum Gasteiger partial charge on any atom is 0.226 e. The first-order valence-electron chi connectivity index (χ1n) is 10.8. The molecule has 0 spiro atoms. The molecule has 5 rings (SSSR count). The van der Waals surface area contributed by atoms with Gasteiger partial charge in [-0.25, -0.2) is 9.97 Å². The van der Waals surface area contributed by atoms with Crippen molar-refractivity contribution in [1.29, 1.82) is 0 Å². The number of rotatable bonds is 8. The number of thiazole rings is 1. The van der Waals surface area contributed by atoms with E-state index in [0.29, 0.717) is 30.3 Å². The summed E-state index contributed by atoms with van der Waals surface area (Å²) in [5.74, 6) is 1.27. The summed E-state index contributed by atoms with van der Waals surface area (Å²) >= 11 is 1.42. The Balaban J connectivity index is 1.24. The van der Waals surface area contributed by atoms with Gasteiger partial charge < -0.3 is 9.88 Å². The fourth-order valence-electron chi connectivity index (χ4n) is 3.50. The molecule has 0 saturated heterocycles. The van der Waals surface area contributed by atoms with Gasteiger partial charge in [-0.1, -0.05) is 72.0 Å². The van der Waals surface area contributed by atoms with Gasteiger partial charge in [0.05, 0.1) is 17.1 Å². The zero-order valence-electron chi connectivity index (χ0n) is 18.5. The summed E-state index contributed by atoms with van der Waals surface area (Å²) in [6, 6.07) is 19.6. The molecule has 5 aromatic rings. The molecule has 34 heavy (non-hydrogen) atoms. The molecule has 170 valence electrons. The van der Waals surface area contributed by atoms with Crippen molar-refractivity contribution in [2.24, 2.45) is 7.05 Å². The van der Waals surface area contributed by atoms with Crippen molar-refractivity contribution < 1.29 is 4.79 Å². The van der Waals surface area contributed by atoms with Crippen LogP contribution in [0.5, 0.6) is 0 Å². The number of hydrogen-bond donors (Lipinski definition) is 1. The van der Waals surface area contributed by atoms with Gasteiger partial charge in [0.15, 0.2) is 11.0 Å². The lowest BCUT2D eigenvalue weighted by Gasteiger charge is -2.02. The highest BCUT2D eigenvalue weighted by molar-refractivity contribution is 7.19. The summed E-state index contributed by atoms with van der Waals surface area (Å²) in [7, 11) is 1.94. The molecule has 0 bridgehead atoms. The van der Waals surface area contributed by atoms with Gasteiger partial charge >= 0.3 is 0 Å². The van der Waals surface area contributed by atoms with Crippen molar-refractivity contribution in [2.75, 3.05) is 5.32 Å². The molecule has 0 atom stereocenters. The number of tetrazole rings is 1. The molecule has 0 aliphatic carbocycles. The highest BCUT2D eigenvalue weighted by Gasteiger charge is 2.19. The van der Waals surface area contributed by atoms with E-state index in [2.05, 4.69) is 25.7 Å². The number of carbonyl (C=O) groups is 1. The molecule has 0 saturated carbocycles. The van der Waals surface area contributed by atoms with Crippen molar-refractivity contribution in [2.45, 2.75) is 19.4 Å². The molecule has 0 aliphatic rings. The van der Waals surface area contributed by atoms with Crippen LogP contribution in [0.25, 0.3) is 33.3 Å². The van der Waals surface area contributed by atoms with Gasteiger partial charge in [-0.2, -0.15) is 4.80 Å². The minimum Gasteiger partial charge on any atom is -0.333 e. The molecular formula is C24H22N8OS. The van der Waals surface area contributed by atoms with E-state index in [1.807, 2.05) is 78.5 Å². The molecule has 3 heterocycles. The largest absolute Gasteiger partial charge is 0.333 e. The van der Waals surface area contributed by atoms with Crippen LogP contribution in [0.15, 0.2) is 73.1 Å². The Labute approximate surface area is 200 Å². The number of aryl methyl sites for hydroxylation is 2. The minimum absolute atomic E-state index is 0.108. The predicted molar refractivity (Wildman–Crippen MR) is 131 cm³/mol. The number of nitrogens with zero attached hydrogens (tertiary/aromatic N) is 7. The van der Waals surface area contributed by atoms with Gasteiger partial charge in [0.25, 0.3) is 0 Å². The molecule has 0 radical (unpaired) electrons. The molecule has 0 unspecified atom stereocenters. The first-order chi connectivity index (χ1) is 16.7. The number of hydrogen-bond acceptors (Lipinski definition) is 7. The second kappa shape index (κ2) is 9.75. The van der Waals surface area contributed by atoms with E-state index in [1.54, 1.807) is 6.20 Å². The highest BCUT2D eigenvalue weighted by Crippen LogP contribution is 2.38. The summed E-state index contributed by atoms with van der Waals surface area (Å²) in [6.45, 7) is 0.499. The van der Waals surface area contributed by atoms with Crippen LogP contribution in [0.1, 0.15) is 12.8 Å². The van der Waals surface area contributed by atoms with E-state index < -0.39 is 0 Å². The Hall–Kier alpha value is -4.18. The number of aromatic nitrogens is 7. The van der Waals surface area contributed by atoms with Crippen LogP contribution in [0.4, 0.5) is 5.13 Å². The SMILES string of the molecule is Cn1ccnc1-c1sc(NC(=O)CCCn2nnc(-c3ccccc3)n2)nc1-c1ccccc1. The van der Waals surface area contributed by atoms with E-state index in [-0.39, 0.29) is 5.91 Å². The van der Waals surface area contributed by atoms with E-state index in [4.69, 9.17) is 4.98 Å². The van der Waals surface area contributed by atoms with Crippen molar-refractivity contribution in [3.8, 4) is 33.3 Å². The van der Waals surface area contributed by atoms with Crippen molar-refractivity contribution >= 4 is 22.4 Å². The first kappa shape index (κ1) is 21.7. The first-order valence-corrected chi connectivity index (χ1v) is 11.7.